The molecule has 1 heterocycles. The molecule has 1 aromatic carbocycles. The molecular formula is C15H13BrN2O. The number of aromatic nitrogens is 2. The molecule has 0 radical (unpaired) electrons. The van der Waals surface area contributed by atoms with Crippen LogP contribution >= 0.6 is 15.9 Å². The zero-order valence-electron chi connectivity index (χ0n) is 10.5. The Hall–Kier alpha value is -1.81. The Morgan fingerprint density at radius 1 is 1.21 bits per heavy atom. The standard InChI is InChI=1S/C15H13BrN2O/c1-2-13-15(18-10-9-17-13)14(19)8-5-11-3-6-12(16)7-4-11/h3-10H,2H2,1H3/b8-5+. The number of allylic oxidation sites excluding steroid dienone is 1. The Kier molecular flexibility index (Phi) is 4.58. The van der Waals surface area contributed by atoms with Crippen molar-refractivity contribution in [3.05, 3.63) is 64.2 Å². The molecule has 0 unspecified atom stereocenters. The predicted molar refractivity (Wildman–Crippen MR) is 78.9 cm³/mol. The number of nitrogens with zero attached hydrogens (tertiary/aromatic N) is 2. The summed E-state index contributed by atoms with van der Waals surface area (Å²) >= 11 is 3.37. The van der Waals surface area contributed by atoms with Crippen molar-refractivity contribution in [2.45, 2.75) is 13.3 Å². The number of halogens is 1. The summed E-state index contributed by atoms with van der Waals surface area (Å²) < 4.78 is 1.01. The summed E-state index contributed by atoms with van der Waals surface area (Å²) in [6.45, 7) is 1.96. The van der Waals surface area contributed by atoms with Crippen LogP contribution in [0.4, 0.5) is 0 Å². The first-order valence-electron chi connectivity index (χ1n) is 5.98. The van der Waals surface area contributed by atoms with E-state index >= 15 is 0 Å². The lowest BCUT2D eigenvalue weighted by atomic mass is 10.1. The summed E-state index contributed by atoms with van der Waals surface area (Å²) in [6, 6.07) is 7.74. The van der Waals surface area contributed by atoms with E-state index < -0.39 is 0 Å². The number of carbonyl (C=O) groups excluding carboxylic acids is 1. The van der Waals surface area contributed by atoms with Crippen LogP contribution in [0.25, 0.3) is 6.08 Å². The van der Waals surface area contributed by atoms with Gasteiger partial charge in [0.25, 0.3) is 0 Å². The quantitative estimate of drug-likeness (QED) is 0.638. The lowest BCUT2D eigenvalue weighted by Crippen LogP contribution is -2.05. The van der Waals surface area contributed by atoms with Gasteiger partial charge in [0, 0.05) is 16.9 Å². The summed E-state index contributed by atoms with van der Waals surface area (Å²) in [4.78, 5) is 20.3. The summed E-state index contributed by atoms with van der Waals surface area (Å²) in [5, 5.41) is 0. The maximum atomic E-state index is 12.1. The first-order chi connectivity index (χ1) is 9.20. The Morgan fingerprint density at radius 2 is 1.89 bits per heavy atom. The third-order valence-electron chi connectivity index (χ3n) is 2.64. The summed E-state index contributed by atoms with van der Waals surface area (Å²) in [5.74, 6) is -0.118. The van der Waals surface area contributed by atoms with Gasteiger partial charge >= 0.3 is 0 Å². The Morgan fingerprint density at radius 3 is 2.58 bits per heavy atom. The van der Waals surface area contributed by atoms with E-state index in [-0.39, 0.29) is 5.78 Å². The largest absolute Gasteiger partial charge is 0.287 e. The van der Waals surface area contributed by atoms with Crippen LogP contribution in [-0.4, -0.2) is 15.8 Å². The highest BCUT2D eigenvalue weighted by atomic mass is 79.9. The molecule has 0 fully saturated rings. The van der Waals surface area contributed by atoms with Crippen LogP contribution in [-0.2, 0) is 6.42 Å². The van der Waals surface area contributed by atoms with Gasteiger partial charge in [-0.15, -0.1) is 0 Å². The summed E-state index contributed by atoms with van der Waals surface area (Å²) in [7, 11) is 0. The third-order valence-corrected chi connectivity index (χ3v) is 3.17. The van der Waals surface area contributed by atoms with Crippen molar-refractivity contribution in [1.29, 1.82) is 0 Å². The summed E-state index contributed by atoms with van der Waals surface area (Å²) in [6.07, 6.45) is 7.16. The van der Waals surface area contributed by atoms with Crippen LogP contribution in [0.15, 0.2) is 47.2 Å². The lowest BCUT2D eigenvalue weighted by Gasteiger charge is -2.01. The molecule has 0 bridgehead atoms. The molecule has 2 aromatic rings. The normalized spacial score (nSPS) is 10.8. The third kappa shape index (κ3) is 3.58. The molecule has 0 amide bonds. The molecular weight excluding hydrogens is 304 g/mol. The maximum Gasteiger partial charge on any atom is 0.206 e. The minimum atomic E-state index is -0.118. The number of aryl methyl sites for hydroxylation is 1. The average Bonchev–Trinajstić information content (AvgIpc) is 2.46. The van der Waals surface area contributed by atoms with Gasteiger partial charge in [0.15, 0.2) is 0 Å². The van der Waals surface area contributed by atoms with E-state index in [4.69, 9.17) is 0 Å². The van der Waals surface area contributed by atoms with Gasteiger partial charge in [-0.3, -0.25) is 9.78 Å². The molecule has 0 aliphatic carbocycles. The lowest BCUT2D eigenvalue weighted by molar-refractivity contribution is 0.104. The number of ketones is 1. The van der Waals surface area contributed by atoms with Gasteiger partial charge in [-0.2, -0.15) is 0 Å². The van der Waals surface area contributed by atoms with Crippen LogP contribution in [0.2, 0.25) is 0 Å². The first-order valence-corrected chi connectivity index (χ1v) is 6.78. The SMILES string of the molecule is CCc1nccnc1C(=O)/C=C/c1ccc(Br)cc1. The van der Waals surface area contributed by atoms with Crippen molar-refractivity contribution in [1.82, 2.24) is 9.97 Å². The van der Waals surface area contributed by atoms with E-state index in [0.717, 1.165) is 15.7 Å². The van der Waals surface area contributed by atoms with E-state index in [1.807, 2.05) is 31.2 Å². The fraction of sp³-hybridized carbons (Fsp3) is 0.133. The zero-order valence-corrected chi connectivity index (χ0v) is 12.1. The minimum absolute atomic E-state index is 0.118. The topological polar surface area (TPSA) is 42.9 Å². The van der Waals surface area contributed by atoms with E-state index in [2.05, 4.69) is 25.9 Å². The molecule has 19 heavy (non-hydrogen) atoms. The predicted octanol–water partition coefficient (Wildman–Crippen LogP) is 3.70. The van der Waals surface area contributed by atoms with Crippen molar-refractivity contribution in [2.75, 3.05) is 0 Å². The highest BCUT2D eigenvalue weighted by Gasteiger charge is 2.09. The second-order valence-electron chi connectivity index (χ2n) is 3.95. The van der Waals surface area contributed by atoms with Gasteiger partial charge < -0.3 is 0 Å². The fourth-order valence-corrected chi connectivity index (χ4v) is 1.92. The Balaban J connectivity index is 2.19. The number of rotatable bonds is 4. The molecule has 0 N–H and O–H groups in total. The van der Waals surface area contributed by atoms with Crippen LogP contribution in [0.3, 0.4) is 0 Å². The van der Waals surface area contributed by atoms with E-state index in [1.54, 1.807) is 18.5 Å². The second kappa shape index (κ2) is 6.38. The van der Waals surface area contributed by atoms with Gasteiger partial charge in [0.2, 0.25) is 5.78 Å². The zero-order chi connectivity index (χ0) is 13.7. The molecule has 0 saturated carbocycles. The minimum Gasteiger partial charge on any atom is -0.287 e. The van der Waals surface area contributed by atoms with Crippen molar-refractivity contribution < 1.29 is 4.79 Å². The van der Waals surface area contributed by atoms with Gasteiger partial charge in [-0.05, 0) is 30.2 Å². The van der Waals surface area contributed by atoms with E-state index in [0.29, 0.717) is 12.1 Å². The molecule has 2 rings (SSSR count). The van der Waals surface area contributed by atoms with Crippen molar-refractivity contribution in [2.24, 2.45) is 0 Å². The van der Waals surface area contributed by atoms with Gasteiger partial charge in [-0.1, -0.05) is 41.1 Å². The monoisotopic (exact) mass is 316 g/mol. The van der Waals surface area contributed by atoms with Gasteiger partial charge in [0.05, 0.1) is 5.69 Å². The molecule has 1 aromatic heterocycles. The van der Waals surface area contributed by atoms with Crippen molar-refractivity contribution >= 4 is 27.8 Å². The van der Waals surface area contributed by atoms with Crippen LogP contribution in [0, 0.1) is 0 Å². The Bertz CT molecular complexity index is 606. The Labute approximate surface area is 120 Å². The van der Waals surface area contributed by atoms with Crippen molar-refractivity contribution in [3.8, 4) is 0 Å². The smallest absolute Gasteiger partial charge is 0.206 e. The number of carbonyl (C=O) groups is 1. The highest BCUT2D eigenvalue weighted by Crippen LogP contribution is 2.12. The van der Waals surface area contributed by atoms with E-state index in [9.17, 15) is 4.79 Å². The molecule has 3 nitrogen and oxygen atoms in total. The number of hydrogen-bond donors (Lipinski definition) is 0. The molecule has 0 spiro atoms. The molecule has 0 saturated heterocycles. The molecule has 0 aliphatic rings. The maximum absolute atomic E-state index is 12.1. The van der Waals surface area contributed by atoms with Gasteiger partial charge in [0.1, 0.15) is 5.69 Å². The number of benzene rings is 1. The highest BCUT2D eigenvalue weighted by molar-refractivity contribution is 9.10. The van der Waals surface area contributed by atoms with Crippen molar-refractivity contribution in [3.63, 3.8) is 0 Å². The molecule has 0 aliphatic heterocycles. The molecule has 4 heteroatoms. The number of hydrogen-bond acceptors (Lipinski definition) is 3. The average molecular weight is 317 g/mol. The van der Waals surface area contributed by atoms with Crippen LogP contribution in [0.1, 0.15) is 28.7 Å². The molecule has 0 atom stereocenters. The van der Waals surface area contributed by atoms with Crippen LogP contribution < -0.4 is 0 Å². The van der Waals surface area contributed by atoms with Gasteiger partial charge in [-0.25, -0.2) is 4.98 Å². The van der Waals surface area contributed by atoms with E-state index in [1.165, 1.54) is 6.08 Å². The first kappa shape index (κ1) is 13.6. The molecule has 96 valence electrons. The summed E-state index contributed by atoms with van der Waals surface area (Å²) in [5.41, 5.74) is 2.13. The fourth-order valence-electron chi connectivity index (χ4n) is 1.66. The second-order valence-corrected chi connectivity index (χ2v) is 4.87. The van der Waals surface area contributed by atoms with Crippen LogP contribution in [0.5, 0.6) is 0 Å².